The van der Waals surface area contributed by atoms with E-state index in [0.29, 0.717) is 6.04 Å². The van der Waals surface area contributed by atoms with Gasteiger partial charge in [-0.2, -0.15) is 0 Å². The number of aromatic nitrogens is 2. The lowest BCUT2D eigenvalue weighted by Gasteiger charge is -2.38. The van der Waals surface area contributed by atoms with Crippen molar-refractivity contribution >= 4 is 5.82 Å². The lowest BCUT2D eigenvalue weighted by Crippen LogP contribution is -2.42. The third-order valence-electron chi connectivity index (χ3n) is 4.14. The summed E-state index contributed by atoms with van der Waals surface area (Å²) in [5, 5.41) is 3.54. The molecule has 1 saturated heterocycles. The zero-order chi connectivity index (χ0) is 12.4. The molecule has 3 rings (SSSR count). The Morgan fingerprint density at radius 1 is 1.39 bits per heavy atom. The summed E-state index contributed by atoms with van der Waals surface area (Å²) >= 11 is 0. The number of rotatable bonds is 2. The fourth-order valence-corrected chi connectivity index (χ4v) is 3.26. The highest BCUT2D eigenvalue weighted by atomic mass is 16.5. The van der Waals surface area contributed by atoms with Gasteiger partial charge in [-0.15, -0.1) is 0 Å². The molecule has 2 fully saturated rings. The molecule has 1 saturated carbocycles. The van der Waals surface area contributed by atoms with Crippen molar-refractivity contribution in [1.29, 1.82) is 0 Å². The molecule has 18 heavy (non-hydrogen) atoms. The fourth-order valence-electron chi connectivity index (χ4n) is 3.26. The third kappa shape index (κ3) is 2.48. The van der Waals surface area contributed by atoms with Gasteiger partial charge < -0.3 is 10.1 Å². The Morgan fingerprint density at radius 3 is 3.00 bits per heavy atom. The Bertz CT molecular complexity index is 415. The van der Waals surface area contributed by atoms with E-state index in [1.807, 2.05) is 19.2 Å². The monoisotopic (exact) mass is 247 g/mol. The van der Waals surface area contributed by atoms with Crippen LogP contribution in [0.5, 0.6) is 0 Å². The predicted octanol–water partition coefficient (Wildman–Crippen LogP) is 2.69. The maximum absolute atomic E-state index is 6.05. The summed E-state index contributed by atoms with van der Waals surface area (Å²) in [4.78, 5) is 8.55. The summed E-state index contributed by atoms with van der Waals surface area (Å²) in [5.74, 6) is 1.77. The SMILES string of the molecule is Cc1nccc(N[C@@H]2CCOC3(CCCC3)C2)n1. The van der Waals surface area contributed by atoms with E-state index in [2.05, 4.69) is 15.3 Å². The first-order valence-corrected chi connectivity index (χ1v) is 6.96. The van der Waals surface area contributed by atoms with Gasteiger partial charge in [0, 0.05) is 18.8 Å². The average Bonchev–Trinajstić information content (AvgIpc) is 2.77. The second kappa shape index (κ2) is 4.84. The number of ether oxygens (including phenoxy) is 1. The van der Waals surface area contributed by atoms with Crippen LogP contribution in [0.3, 0.4) is 0 Å². The van der Waals surface area contributed by atoms with Gasteiger partial charge >= 0.3 is 0 Å². The largest absolute Gasteiger partial charge is 0.375 e. The molecule has 1 aliphatic carbocycles. The summed E-state index contributed by atoms with van der Waals surface area (Å²) in [7, 11) is 0. The molecule has 0 aromatic carbocycles. The third-order valence-corrected chi connectivity index (χ3v) is 4.14. The van der Waals surface area contributed by atoms with Crippen LogP contribution < -0.4 is 5.32 Å². The van der Waals surface area contributed by atoms with Crippen LogP contribution in [0, 0.1) is 6.92 Å². The second-order valence-electron chi connectivity index (χ2n) is 5.56. The Labute approximate surface area is 108 Å². The van der Waals surface area contributed by atoms with E-state index < -0.39 is 0 Å². The van der Waals surface area contributed by atoms with Gasteiger partial charge in [-0.3, -0.25) is 0 Å². The van der Waals surface area contributed by atoms with E-state index in [1.165, 1.54) is 25.7 Å². The van der Waals surface area contributed by atoms with Gasteiger partial charge in [0.1, 0.15) is 11.6 Å². The molecule has 1 aromatic rings. The number of anilines is 1. The zero-order valence-corrected chi connectivity index (χ0v) is 11.0. The molecular formula is C14H21N3O. The Kier molecular flexibility index (Phi) is 3.20. The van der Waals surface area contributed by atoms with E-state index in [4.69, 9.17) is 4.74 Å². The van der Waals surface area contributed by atoms with Crippen LogP contribution in [0.25, 0.3) is 0 Å². The molecule has 4 nitrogen and oxygen atoms in total. The van der Waals surface area contributed by atoms with Crippen LogP contribution in [-0.2, 0) is 4.74 Å². The first-order chi connectivity index (χ1) is 8.76. The summed E-state index contributed by atoms with van der Waals surface area (Å²) in [5.41, 5.74) is 0.165. The van der Waals surface area contributed by atoms with E-state index >= 15 is 0 Å². The van der Waals surface area contributed by atoms with Crippen molar-refractivity contribution in [3.05, 3.63) is 18.1 Å². The van der Waals surface area contributed by atoms with Crippen molar-refractivity contribution in [2.24, 2.45) is 0 Å². The van der Waals surface area contributed by atoms with Gasteiger partial charge in [0.15, 0.2) is 0 Å². The fraction of sp³-hybridized carbons (Fsp3) is 0.714. The minimum Gasteiger partial charge on any atom is -0.375 e. The smallest absolute Gasteiger partial charge is 0.129 e. The number of hydrogen-bond acceptors (Lipinski definition) is 4. The summed E-state index contributed by atoms with van der Waals surface area (Å²) in [6, 6.07) is 2.44. The Morgan fingerprint density at radius 2 is 2.22 bits per heavy atom. The summed E-state index contributed by atoms with van der Waals surface area (Å²) < 4.78 is 6.05. The molecule has 0 amide bonds. The first-order valence-electron chi connectivity index (χ1n) is 6.96. The van der Waals surface area contributed by atoms with Crippen LogP contribution in [-0.4, -0.2) is 28.2 Å². The topological polar surface area (TPSA) is 47.0 Å². The average molecular weight is 247 g/mol. The normalized spacial score (nSPS) is 26.4. The van der Waals surface area contributed by atoms with Crippen molar-refractivity contribution in [3.8, 4) is 0 Å². The lowest BCUT2D eigenvalue weighted by atomic mass is 9.89. The Balaban J connectivity index is 1.66. The number of aryl methyl sites for hydroxylation is 1. The zero-order valence-electron chi connectivity index (χ0n) is 11.0. The molecule has 4 heteroatoms. The highest BCUT2D eigenvalue weighted by Crippen LogP contribution is 2.40. The van der Waals surface area contributed by atoms with E-state index in [9.17, 15) is 0 Å². The molecular weight excluding hydrogens is 226 g/mol. The number of hydrogen-bond donors (Lipinski definition) is 1. The van der Waals surface area contributed by atoms with Gasteiger partial charge in [-0.1, -0.05) is 12.8 Å². The van der Waals surface area contributed by atoms with Crippen molar-refractivity contribution in [3.63, 3.8) is 0 Å². The van der Waals surface area contributed by atoms with Crippen molar-refractivity contribution in [2.45, 2.75) is 57.1 Å². The quantitative estimate of drug-likeness (QED) is 0.873. The summed E-state index contributed by atoms with van der Waals surface area (Å²) in [6.45, 7) is 2.80. The summed E-state index contributed by atoms with van der Waals surface area (Å²) in [6.07, 6.45) is 9.11. The molecule has 1 N–H and O–H groups in total. The van der Waals surface area contributed by atoms with Gasteiger partial charge in [-0.05, 0) is 38.7 Å². The molecule has 2 aliphatic rings. The molecule has 1 aliphatic heterocycles. The van der Waals surface area contributed by atoms with Crippen LogP contribution >= 0.6 is 0 Å². The lowest BCUT2D eigenvalue weighted by molar-refractivity contribution is -0.0767. The van der Waals surface area contributed by atoms with Crippen LogP contribution in [0.1, 0.15) is 44.3 Å². The number of nitrogens with zero attached hydrogens (tertiary/aromatic N) is 2. The van der Waals surface area contributed by atoms with Gasteiger partial charge in [0.25, 0.3) is 0 Å². The van der Waals surface area contributed by atoms with Gasteiger partial charge in [0.2, 0.25) is 0 Å². The van der Waals surface area contributed by atoms with Crippen LogP contribution in [0.2, 0.25) is 0 Å². The van der Waals surface area contributed by atoms with Gasteiger partial charge in [0.05, 0.1) is 5.60 Å². The van der Waals surface area contributed by atoms with Gasteiger partial charge in [-0.25, -0.2) is 9.97 Å². The highest BCUT2D eigenvalue weighted by Gasteiger charge is 2.39. The van der Waals surface area contributed by atoms with Crippen molar-refractivity contribution in [1.82, 2.24) is 9.97 Å². The van der Waals surface area contributed by atoms with E-state index in [0.717, 1.165) is 31.1 Å². The minimum atomic E-state index is 0.165. The maximum atomic E-state index is 6.05. The molecule has 0 unspecified atom stereocenters. The highest BCUT2D eigenvalue weighted by molar-refractivity contribution is 5.34. The molecule has 98 valence electrons. The second-order valence-corrected chi connectivity index (χ2v) is 5.56. The molecule has 0 bridgehead atoms. The molecule has 1 atom stereocenters. The predicted molar refractivity (Wildman–Crippen MR) is 70.6 cm³/mol. The van der Waals surface area contributed by atoms with E-state index in [-0.39, 0.29) is 5.60 Å². The maximum Gasteiger partial charge on any atom is 0.129 e. The molecule has 2 heterocycles. The number of nitrogens with one attached hydrogen (secondary N) is 1. The molecule has 1 aromatic heterocycles. The van der Waals surface area contributed by atoms with Crippen molar-refractivity contribution < 1.29 is 4.74 Å². The standard InChI is InChI=1S/C14H21N3O/c1-11-15-8-4-13(16-11)17-12-5-9-18-14(10-12)6-2-3-7-14/h4,8,12H,2-3,5-7,9-10H2,1H3,(H,15,16,17)/t12-/m1/s1. The van der Waals surface area contributed by atoms with Crippen molar-refractivity contribution in [2.75, 3.05) is 11.9 Å². The molecule has 1 spiro atoms. The Hall–Kier alpha value is -1.16. The molecule has 0 radical (unpaired) electrons. The van der Waals surface area contributed by atoms with E-state index in [1.54, 1.807) is 0 Å². The first kappa shape index (κ1) is 11.9. The minimum absolute atomic E-state index is 0.165. The van der Waals surface area contributed by atoms with Crippen LogP contribution in [0.4, 0.5) is 5.82 Å². The van der Waals surface area contributed by atoms with Crippen LogP contribution in [0.15, 0.2) is 12.3 Å².